The molecule has 104 valence electrons. The number of carbonyl (C=O) groups is 1. The van der Waals surface area contributed by atoms with Crippen LogP contribution in [0.15, 0.2) is 42.7 Å². The first-order chi connectivity index (χ1) is 9.46. The van der Waals surface area contributed by atoms with Gasteiger partial charge in [-0.15, -0.1) is 0 Å². The fourth-order valence-electron chi connectivity index (χ4n) is 2.21. The van der Waals surface area contributed by atoms with E-state index in [0.717, 1.165) is 11.1 Å². The van der Waals surface area contributed by atoms with Crippen LogP contribution in [0.3, 0.4) is 0 Å². The van der Waals surface area contributed by atoms with Crippen molar-refractivity contribution in [2.24, 2.45) is 5.41 Å². The maximum absolute atomic E-state index is 10.8. The molecule has 20 heavy (non-hydrogen) atoms. The number of aliphatic carboxylic acids is 1. The lowest BCUT2D eigenvalue weighted by Crippen LogP contribution is -2.19. The Bertz CT molecular complexity index is 577. The number of nitrogens with zero attached hydrogens (tertiary/aromatic N) is 2. The first-order valence-corrected chi connectivity index (χ1v) is 6.54. The van der Waals surface area contributed by atoms with Crippen molar-refractivity contribution in [1.82, 2.24) is 9.97 Å². The molecule has 0 saturated carbocycles. The zero-order valence-corrected chi connectivity index (χ0v) is 11.7. The number of benzene rings is 1. The summed E-state index contributed by atoms with van der Waals surface area (Å²) in [7, 11) is 0. The molecular weight excluding hydrogens is 252 g/mol. The Hall–Kier alpha value is -2.23. The molecule has 0 atom stereocenters. The molecule has 1 heterocycles. The number of aromatic nitrogens is 2. The fraction of sp³-hybridized carbons (Fsp3) is 0.312. The van der Waals surface area contributed by atoms with Crippen molar-refractivity contribution in [2.45, 2.75) is 26.7 Å². The van der Waals surface area contributed by atoms with E-state index in [4.69, 9.17) is 5.11 Å². The molecule has 1 N–H and O–H groups in total. The van der Waals surface area contributed by atoms with Crippen LogP contribution >= 0.6 is 0 Å². The maximum Gasteiger partial charge on any atom is 0.303 e. The van der Waals surface area contributed by atoms with Gasteiger partial charge in [-0.3, -0.25) is 4.79 Å². The molecule has 1 aromatic heterocycles. The molecule has 0 aliphatic heterocycles. The van der Waals surface area contributed by atoms with Gasteiger partial charge >= 0.3 is 5.97 Å². The zero-order chi connectivity index (χ0) is 14.6. The highest BCUT2D eigenvalue weighted by Gasteiger charge is 2.22. The fourth-order valence-corrected chi connectivity index (χ4v) is 2.21. The molecule has 0 spiro atoms. The minimum atomic E-state index is -0.781. The van der Waals surface area contributed by atoms with E-state index in [1.807, 2.05) is 44.2 Å². The Morgan fingerprint density at radius 3 is 2.30 bits per heavy atom. The standard InChI is InChI=1S/C16H18N2O2/c1-16(2,9-14(19)20)8-12-10-17-15(18-11-12)13-6-4-3-5-7-13/h3-7,10-11H,8-9H2,1-2H3,(H,19,20). The Morgan fingerprint density at radius 1 is 1.15 bits per heavy atom. The molecule has 0 aliphatic rings. The average molecular weight is 270 g/mol. The second-order valence-corrected chi connectivity index (χ2v) is 5.69. The molecule has 2 rings (SSSR count). The minimum Gasteiger partial charge on any atom is -0.481 e. The SMILES string of the molecule is CC(C)(CC(=O)O)Cc1cnc(-c2ccccc2)nc1. The molecule has 0 fully saturated rings. The van der Waals surface area contributed by atoms with Crippen molar-refractivity contribution < 1.29 is 9.90 Å². The second-order valence-electron chi connectivity index (χ2n) is 5.69. The van der Waals surface area contributed by atoms with Crippen molar-refractivity contribution in [3.8, 4) is 11.4 Å². The van der Waals surface area contributed by atoms with E-state index < -0.39 is 5.97 Å². The largest absolute Gasteiger partial charge is 0.481 e. The summed E-state index contributed by atoms with van der Waals surface area (Å²) in [6, 6.07) is 9.77. The van der Waals surface area contributed by atoms with Gasteiger partial charge < -0.3 is 5.11 Å². The normalized spacial score (nSPS) is 11.3. The smallest absolute Gasteiger partial charge is 0.303 e. The predicted molar refractivity (Wildman–Crippen MR) is 77.2 cm³/mol. The number of hydrogen-bond donors (Lipinski definition) is 1. The number of rotatable bonds is 5. The van der Waals surface area contributed by atoms with E-state index in [9.17, 15) is 4.79 Å². The summed E-state index contributed by atoms with van der Waals surface area (Å²) in [5.74, 6) is -0.0952. The monoisotopic (exact) mass is 270 g/mol. The van der Waals surface area contributed by atoms with Gasteiger partial charge in [0.05, 0.1) is 6.42 Å². The van der Waals surface area contributed by atoms with Gasteiger partial charge in [0.25, 0.3) is 0 Å². The van der Waals surface area contributed by atoms with Gasteiger partial charge in [0, 0.05) is 18.0 Å². The third-order valence-corrected chi connectivity index (χ3v) is 3.05. The van der Waals surface area contributed by atoms with Crippen LogP contribution in [0.4, 0.5) is 0 Å². The highest BCUT2D eigenvalue weighted by molar-refractivity contribution is 5.67. The van der Waals surface area contributed by atoms with E-state index in [-0.39, 0.29) is 11.8 Å². The molecule has 0 bridgehead atoms. The average Bonchev–Trinajstić information content (AvgIpc) is 2.38. The molecule has 4 nitrogen and oxygen atoms in total. The Balaban J connectivity index is 2.11. The van der Waals surface area contributed by atoms with Crippen molar-refractivity contribution in [3.05, 3.63) is 48.3 Å². The summed E-state index contributed by atoms with van der Waals surface area (Å²) in [5.41, 5.74) is 1.63. The molecule has 1 aromatic carbocycles. The van der Waals surface area contributed by atoms with Gasteiger partial charge in [-0.1, -0.05) is 44.2 Å². The Morgan fingerprint density at radius 2 is 1.75 bits per heavy atom. The summed E-state index contributed by atoms with van der Waals surface area (Å²) in [5, 5.41) is 8.89. The van der Waals surface area contributed by atoms with Gasteiger partial charge in [0.15, 0.2) is 5.82 Å². The molecular formula is C16H18N2O2. The molecule has 4 heteroatoms. The summed E-state index contributed by atoms with van der Waals surface area (Å²) in [4.78, 5) is 19.5. The first-order valence-electron chi connectivity index (χ1n) is 6.54. The van der Waals surface area contributed by atoms with Gasteiger partial charge in [0.2, 0.25) is 0 Å². The van der Waals surface area contributed by atoms with Gasteiger partial charge in [-0.2, -0.15) is 0 Å². The molecule has 2 aromatic rings. The Labute approximate surface area is 118 Å². The third-order valence-electron chi connectivity index (χ3n) is 3.05. The summed E-state index contributed by atoms with van der Waals surface area (Å²) < 4.78 is 0. The molecule has 0 unspecified atom stereocenters. The lowest BCUT2D eigenvalue weighted by molar-refractivity contribution is -0.139. The van der Waals surface area contributed by atoms with Crippen molar-refractivity contribution >= 4 is 5.97 Å². The van der Waals surface area contributed by atoms with Crippen LogP contribution in [-0.4, -0.2) is 21.0 Å². The molecule has 0 radical (unpaired) electrons. The number of carboxylic acid groups (broad SMARTS) is 1. The quantitative estimate of drug-likeness (QED) is 0.906. The van der Waals surface area contributed by atoms with Gasteiger partial charge in [0.1, 0.15) is 0 Å². The van der Waals surface area contributed by atoms with E-state index >= 15 is 0 Å². The van der Waals surface area contributed by atoms with Crippen LogP contribution in [0.2, 0.25) is 0 Å². The van der Waals surface area contributed by atoms with Crippen molar-refractivity contribution in [2.75, 3.05) is 0 Å². The minimum absolute atomic E-state index is 0.132. The first kappa shape index (κ1) is 14.2. The van der Waals surface area contributed by atoms with Crippen LogP contribution in [0.25, 0.3) is 11.4 Å². The number of carboxylic acids is 1. The van der Waals surface area contributed by atoms with E-state index in [0.29, 0.717) is 12.2 Å². The molecule has 0 saturated heterocycles. The second kappa shape index (κ2) is 5.82. The highest BCUT2D eigenvalue weighted by atomic mass is 16.4. The van der Waals surface area contributed by atoms with Crippen molar-refractivity contribution in [1.29, 1.82) is 0 Å². The summed E-state index contributed by atoms with van der Waals surface area (Å²) >= 11 is 0. The lowest BCUT2D eigenvalue weighted by atomic mass is 9.83. The van der Waals surface area contributed by atoms with Crippen molar-refractivity contribution in [3.63, 3.8) is 0 Å². The Kier molecular flexibility index (Phi) is 4.13. The van der Waals surface area contributed by atoms with Crippen LogP contribution in [-0.2, 0) is 11.2 Å². The topological polar surface area (TPSA) is 63.1 Å². The van der Waals surface area contributed by atoms with Crippen LogP contribution in [0, 0.1) is 5.41 Å². The highest BCUT2D eigenvalue weighted by Crippen LogP contribution is 2.25. The van der Waals surface area contributed by atoms with Crippen LogP contribution in [0.5, 0.6) is 0 Å². The zero-order valence-electron chi connectivity index (χ0n) is 11.7. The molecule has 0 aliphatic carbocycles. The van der Waals surface area contributed by atoms with E-state index in [1.54, 1.807) is 12.4 Å². The van der Waals surface area contributed by atoms with Gasteiger partial charge in [-0.05, 0) is 17.4 Å². The van der Waals surface area contributed by atoms with Crippen LogP contribution < -0.4 is 0 Å². The third kappa shape index (κ3) is 3.88. The lowest BCUT2D eigenvalue weighted by Gasteiger charge is -2.21. The summed E-state index contributed by atoms with van der Waals surface area (Å²) in [6.07, 6.45) is 4.33. The maximum atomic E-state index is 10.8. The summed E-state index contributed by atoms with van der Waals surface area (Å²) in [6.45, 7) is 3.87. The number of hydrogen-bond acceptors (Lipinski definition) is 3. The molecule has 0 amide bonds. The predicted octanol–water partition coefficient (Wildman–Crippen LogP) is 3.19. The van der Waals surface area contributed by atoms with E-state index in [1.165, 1.54) is 0 Å². The van der Waals surface area contributed by atoms with Gasteiger partial charge in [-0.25, -0.2) is 9.97 Å². The van der Waals surface area contributed by atoms with Crippen LogP contribution in [0.1, 0.15) is 25.8 Å². The van der Waals surface area contributed by atoms with E-state index in [2.05, 4.69) is 9.97 Å².